The standard InChI is InChI=1S/C22H20ClFN2O3S/c1-14(2)15-6-8-18(9-7-15)26-30(28,29)19-10-11-21(20(24)13-19)25-22(27)16-4-3-5-17(23)12-16/h3-14,26H,1-2H3,(H,25,27). The van der Waals surface area contributed by atoms with Crippen LogP contribution in [0.25, 0.3) is 0 Å². The highest BCUT2D eigenvalue weighted by atomic mass is 35.5. The summed E-state index contributed by atoms with van der Waals surface area (Å²) >= 11 is 5.86. The van der Waals surface area contributed by atoms with Gasteiger partial charge in [-0.1, -0.05) is 43.6 Å². The third-order valence-corrected chi connectivity index (χ3v) is 6.03. The van der Waals surface area contributed by atoms with E-state index in [9.17, 15) is 17.6 Å². The molecule has 30 heavy (non-hydrogen) atoms. The Balaban J connectivity index is 1.77. The molecule has 0 bridgehead atoms. The minimum atomic E-state index is -3.99. The van der Waals surface area contributed by atoms with E-state index < -0.39 is 21.7 Å². The predicted molar refractivity (Wildman–Crippen MR) is 117 cm³/mol. The summed E-state index contributed by atoms with van der Waals surface area (Å²) in [4.78, 5) is 12.0. The second kappa shape index (κ2) is 8.85. The summed E-state index contributed by atoms with van der Waals surface area (Å²) in [6.07, 6.45) is 0. The lowest BCUT2D eigenvalue weighted by Crippen LogP contribution is -2.15. The van der Waals surface area contributed by atoms with Crippen LogP contribution in [0.5, 0.6) is 0 Å². The zero-order valence-electron chi connectivity index (χ0n) is 16.3. The van der Waals surface area contributed by atoms with Crippen LogP contribution in [0.1, 0.15) is 35.7 Å². The smallest absolute Gasteiger partial charge is 0.261 e. The Kier molecular flexibility index (Phi) is 6.43. The zero-order valence-corrected chi connectivity index (χ0v) is 17.9. The molecule has 3 aromatic carbocycles. The quantitative estimate of drug-likeness (QED) is 0.513. The average Bonchev–Trinajstić information content (AvgIpc) is 2.69. The van der Waals surface area contributed by atoms with Crippen LogP contribution in [0, 0.1) is 5.82 Å². The molecule has 0 atom stereocenters. The number of hydrogen-bond donors (Lipinski definition) is 2. The van der Waals surface area contributed by atoms with Gasteiger partial charge in [0.2, 0.25) is 0 Å². The van der Waals surface area contributed by atoms with Crippen molar-refractivity contribution in [1.82, 2.24) is 0 Å². The Bertz CT molecular complexity index is 1180. The molecule has 156 valence electrons. The molecule has 0 radical (unpaired) electrons. The summed E-state index contributed by atoms with van der Waals surface area (Å²) < 4.78 is 42.1. The number of carbonyl (C=O) groups is 1. The third kappa shape index (κ3) is 5.17. The Morgan fingerprint density at radius 1 is 1.00 bits per heavy atom. The Labute approximate surface area is 179 Å². The largest absolute Gasteiger partial charge is 0.319 e. The number of halogens is 2. The molecular weight excluding hydrogens is 427 g/mol. The minimum absolute atomic E-state index is 0.139. The van der Waals surface area contributed by atoms with Gasteiger partial charge in [-0.15, -0.1) is 0 Å². The number of hydrogen-bond acceptors (Lipinski definition) is 3. The fourth-order valence-corrected chi connectivity index (χ4v) is 4.00. The molecule has 0 aliphatic rings. The van der Waals surface area contributed by atoms with Crippen LogP contribution < -0.4 is 10.0 Å². The second-order valence-corrected chi connectivity index (χ2v) is 9.11. The van der Waals surface area contributed by atoms with Crippen molar-refractivity contribution >= 4 is 38.9 Å². The van der Waals surface area contributed by atoms with Gasteiger partial charge < -0.3 is 5.32 Å². The van der Waals surface area contributed by atoms with Gasteiger partial charge in [0.05, 0.1) is 10.6 Å². The molecular formula is C22H20ClFN2O3S. The molecule has 0 aliphatic carbocycles. The number of benzene rings is 3. The lowest BCUT2D eigenvalue weighted by molar-refractivity contribution is 0.102. The molecule has 2 N–H and O–H groups in total. The summed E-state index contributed by atoms with van der Waals surface area (Å²) in [6, 6.07) is 16.5. The Morgan fingerprint density at radius 3 is 2.30 bits per heavy atom. The van der Waals surface area contributed by atoms with Gasteiger partial charge in [-0.3, -0.25) is 9.52 Å². The highest BCUT2D eigenvalue weighted by Crippen LogP contribution is 2.23. The van der Waals surface area contributed by atoms with Crippen LogP contribution in [-0.4, -0.2) is 14.3 Å². The van der Waals surface area contributed by atoms with Gasteiger partial charge in [-0.25, -0.2) is 12.8 Å². The maximum atomic E-state index is 14.5. The van der Waals surface area contributed by atoms with E-state index in [-0.39, 0.29) is 16.1 Å². The summed E-state index contributed by atoms with van der Waals surface area (Å²) in [7, 11) is -3.99. The van der Waals surface area contributed by atoms with Crippen molar-refractivity contribution in [3.8, 4) is 0 Å². The molecule has 0 saturated carbocycles. The number of anilines is 2. The van der Waals surface area contributed by atoms with Gasteiger partial charge in [0, 0.05) is 16.3 Å². The maximum Gasteiger partial charge on any atom is 0.261 e. The Hall–Kier alpha value is -2.90. The summed E-state index contributed by atoms with van der Waals surface area (Å²) in [5, 5.41) is 2.78. The van der Waals surface area contributed by atoms with Crippen molar-refractivity contribution in [2.45, 2.75) is 24.7 Å². The molecule has 0 heterocycles. The normalized spacial score (nSPS) is 11.4. The van der Waals surface area contributed by atoms with E-state index in [4.69, 9.17) is 11.6 Å². The number of sulfonamides is 1. The van der Waals surface area contributed by atoms with E-state index in [0.29, 0.717) is 16.6 Å². The van der Waals surface area contributed by atoms with E-state index in [2.05, 4.69) is 10.0 Å². The number of rotatable bonds is 6. The van der Waals surface area contributed by atoms with E-state index in [1.165, 1.54) is 24.3 Å². The molecule has 3 rings (SSSR count). The minimum Gasteiger partial charge on any atom is -0.319 e. The van der Waals surface area contributed by atoms with Crippen LogP contribution in [0.15, 0.2) is 71.6 Å². The van der Waals surface area contributed by atoms with E-state index in [1.807, 2.05) is 26.0 Å². The first-order valence-corrected chi connectivity index (χ1v) is 11.0. The fraction of sp³-hybridized carbons (Fsp3) is 0.136. The summed E-state index contributed by atoms with van der Waals surface area (Å²) in [5.74, 6) is -1.11. The fourth-order valence-electron chi connectivity index (χ4n) is 2.74. The average molecular weight is 447 g/mol. The van der Waals surface area contributed by atoms with Crippen molar-refractivity contribution < 1.29 is 17.6 Å². The van der Waals surface area contributed by atoms with Crippen molar-refractivity contribution in [2.24, 2.45) is 0 Å². The van der Waals surface area contributed by atoms with Crippen molar-refractivity contribution in [3.63, 3.8) is 0 Å². The second-order valence-electron chi connectivity index (χ2n) is 6.99. The molecule has 0 spiro atoms. The highest BCUT2D eigenvalue weighted by Gasteiger charge is 2.18. The van der Waals surface area contributed by atoms with Crippen LogP contribution in [0.2, 0.25) is 5.02 Å². The Morgan fingerprint density at radius 2 is 1.70 bits per heavy atom. The van der Waals surface area contributed by atoms with Crippen molar-refractivity contribution in [2.75, 3.05) is 10.0 Å². The molecule has 1 amide bonds. The maximum absolute atomic E-state index is 14.5. The molecule has 0 aromatic heterocycles. The topological polar surface area (TPSA) is 75.3 Å². The first-order valence-electron chi connectivity index (χ1n) is 9.15. The van der Waals surface area contributed by atoms with E-state index in [0.717, 1.165) is 11.6 Å². The number of carbonyl (C=O) groups excluding carboxylic acids is 1. The third-order valence-electron chi connectivity index (χ3n) is 4.42. The molecule has 3 aromatic rings. The number of nitrogens with one attached hydrogen (secondary N) is 2. The molecule has 0 aliphatic heterocycles. The molecule has 0 saturated heterocycles. The van der Waals surface area contributed by atoms with Gasteiger partial charge in [0.25, 0.3) is 15.9 Å². The van der Waals surface area contributed by atoms with Gasteiger partial charge in [0.15, 0.2) is 0 Å². The van der Waals surface area contributed by atoms with Gasteiger partial charge in [0.1, 0.15) is 5.82 Å². The van der Waals surface area contributed by atoms with Crippen molar-refractivity contribution in [3.05, 3.63) is 88.7 Å². The lowest BCUT2D eigenvalue weighted by atomic mass is 10.0. The first-order chi connectivity index (χ1) is 14.2. The first kappa shape index (κ1) is 21.8. The van der Waals surface area contributed by atoms with Crippen LogP contribution in [-0.2, 0) is 10.0 Å². The van der Waals surface area contributed by atoms with Crippen LogP contribution in [0.4, 0.5) is 15.8 Å². The van der Waals surface area contributed by atoms with Gasteiger partial charge in [-0.05, 0) is 60.0 Å². The molecule has 8 heteroatoms. The molecule has 5 nitrogen and oxygen atoms in total. The highest BCUT2D eigenvalue weighted by molar-refractivity contribution is 7.92. The predicted octanol–water partition coefficient (Wildman–Crippen LogP) is 5.66. The lowest BCUT2D eigenvalue weighted by Gasteiger charge is -2.12. The molecule has 0 fully saturated rings. The monoisotopic (exact) mass is 446 g/mol. The van der Waals surface area contributed by atoms with E-state index >= 15 is 0 Å². The molecule has 0 unspecified atom stereocenters. The van der Waals surface area contributed by atoms with Crippen molar-refractivity contribution in [1.29, 1.82) is 0 Å². The van der Waals surface area contributed by atoms with Gasteiger partial charge >= 0.3 is 0 Å². The van der Waals surface area contributed by atoms with Gasteiger partial charge in [-0.2, -0.15) is 0 Å². The summed E-state index contributed by atoms with van der Waals surface area (Å²) in [5.41, 5.74) is 1.56. The SMILES string of the molecule is CC(C)c1ccc(NS(=O)(=O)c2ccc(NC(=O)c3cccc(Cl)c3)c(F)c2)cc1. The number of amides is 1. The van der Waals surface area contributed by atoms with Crippen LogP contribution >= 0.6 is 11.6 Å². The zero-order chi connectivity index (χ0) is 21.9. The van der Waals surface area contributed by atoms with Crippen LogP contribution in [0.3, 0.4) is 0 Å². The van der Waals surface area contributed by atoms with E-state index in [1.54, 1.807) is 24.3 Å². The summed E-state index contributed by atoms with van der Waals surface area (Å²) in [6.45, 7) is 4.07.